The molecule has 1 aromatic carbocycles. The number of fused-ring (bicyclic) bond motifs is 1. The molecule has 0 aliphatic heterocycles. The average Bonchev–Trinajstić information content (AvgIpc) is 3.18. The molecular formula is C11H3F6N7O4. The molecule has 0 fully saturated rings. The molecule has 0 radical (unpaired) electrons. The van der Waals surface area contributed by atoms with Gasteiger partial charge >= 0.3 is 23.7 Å². The SMILES string of the molecule is O=[N+]([O-])c1cc2n[nH]nc2c([N+](=O)[O-])c1-n1nc(C(F)(F)F)cc1C(F)(F)F. The van der Waals surface area contributed by atoms with Crippen molar-refractivity contribution in [1.82, 2.24) is 25.2 Å². The van der Waals surface area contributed by atoms with Crippen molar-refractivity contribution < 1.29 is 36.2 Å². The van der Waals surface area contributed by atoms with Gasteiger partial charge in [0.25, 0.3) is 0 Å². The molecule has 28 heavy (non-hydrogen) atoms. The first-order valence-corrected chi connectivity index (χ1v) is 6.73. The van der Waals surface area contributed by atoms with Crippen molar-refractivity contribution in [3.8, 4) is 5.69 Å². The standard InChI is InChI=1S/C11H3F6N7O4/c12-10(13,14)5-2-6(11(15,16)17)22(20-5)8-4(23(25)26)1-3-7(19-21-18-3)9(8)24(27)28/h1-2H,(H,18,19,21). The van der Waals surface area contributed by atoms with E-state index in [2.05, 4.69) is 15.3 Å². The number of H-pyrrole nitrogens is 1. The van der Waals surface area contributed by atoms with Crippen LogP contribution in [0.5, 0.6) is 0 Å². The molecule has 3 aromatic rings. The van der Waals surface area contributed by atoms with Crippen molar-refractivity contribution in [2.75, 3.05) is 0 Å². The van der Waals surface area contributed by atoms with Gasteiger partial charge in [-0.25, -0.2) is 4.68 Å². The van der Waals surface area contributed by atoms with Crippen LogP contribution in [0.2, 0.25) is 0 Å². The number of halogens is 6. The van der Waals surface area contributed by atoms with Gasteiger partial charge in [-0.05, 0) is 0 Å². The lowest BCUT2D eigenvalue weighted by Gasteiger charge is -2.10. The topological polar surface area (TPSA) is 146 Å². The lowest BCUT2D eigenvalue weighted by molar-refractivity contribution is -0.392. The summed E-state index contributed by atoms with van der Waals surface area (Å²) in [5, 5.41) is 34.0. The Morgan fingerprint density at radius 1 is 0.964 bits per heavy atom. The second-order valence-electron chi connectivity index (χ2n) is 5.12. The molecule has 0 saturated carbocycles. The van der Waals surface area contributed by atoms with Crippen LogP contribution < -0.4 is 0 Å². The van der Waals surface area contributed by atoms with Gasteiger partial charge in [0.05, 0.1) is 9.85 Å². The van der Waals surface area contributed by atoms with Gasteiger partial charge in [-0.2, -0.15) is 41.8 Å². The monoisotopic (exact) mass is 411 g/mol. The molecule has 0 aliphatic carbocycles. The van der Waals surface area contributed by atoms with Crippen molar-refractivity contribution >= 4 is 22.4 Å². The smallest absolute Gasteiger partial charge is 0.258 e. The lowest BCUT2D eigenvalue weighted by atomic mass is 10.2. The number of hydrogen-bond donors (Lipinski definition) is 1. The molecule has 2 aromatic heterocycles. The minimum Gasteiger partial charge on any atom is -0.258 e. The number of aromatic amines is 1. The summed E-state index contributed by atoms with van der Waals surface area (Å²) in [7, 11) is 0. The molecule has 11 nitrogen and oxygen atoms in total. The van der Waals surface area contributed by atoms with Crippen LogP contribution in [0.1, 0.15) is 11.4 Å². The molecule has 3 rings (SSSR count). The van der Waals surface area contributed by atoms with E-state index in [0.717, 1.165) is 0 Å². The van der Waals surface area contributed by atoms with E-state index in [0.29, 0.717) is 6.07 Å². The summed E-state index contributed by atoms with van der Waals surface area (Å²) in [6.07, 6.45) is -10.8. The summed E-state index contributed by atoms with van der Waals surface area (Å²) >= 11 is 0. The summed E-state index contributed by atoms with van der Waals surface area (Å²) in [6, 6.07) is 0.108. The first-order chi connectivity index (χ1) is 12.8. The van der Waals surface area contributed by atoms with E-state index in [1.165, 1.54) is 0 Å². The zero-order valence-corrected chi connectivity index (χ0v) is 12.7. The first kappa shape index (κ1) is 19.0. The Balaban J connectivity index is 2.52. The Labute approximate surface area is 146 Å². The van der Waals surface area contributed by atoms with Gasteiger partial charge in [-0.15, -0.1) is 5.10 Å². The van der Waals surface area contributed by atoms with Crippen molar-refractivity contribution in [3.05, 3.63) is 43.7 Å². The van der Waals surface area contributed by atoms with Crippen LogP contribution in [-0.2, 0) is 12.4 Å². The highest BCUT2D eigenvalue weighted by atomic mass is 19.4. The van der Waals surface area contributed by atoms with Crippen LogP contribution in [-0.4, -0.2) is 35.0 Å². The van der Waals surface area contributed by atoms with Crippen LogP contribution in [0.25, 0.3) is 16.7 Å². The third-order valence-corrected chi connectivity index (χ3v) is 3.42. The fourth-order valence-electron chi connectivity index (χ4n) is 2.36. The maximum atomic E-state index is 13.3. The number of nitro groups is 2. The minimum absolute atomic E-state index is 0.416. The minimum atomic E-state index is -5.48. The molecule has 0 spiro atoms. The molecule has 2 heterocycles. The summed E-state index contributed by atoms with van der Waals surface area (Å²) in [5.74, 6) is 0. The first-order valence-electron chi connectivity index (χ1n) is 6.73. The van der Waals surface area contributed by atoms with Crippen LogP contribution in [0.3, 0.4) is 0 Å². The van der Waals surface area contributed by atoms with Crippen LogP contribution in [0.4, 0.5) is 37.7 Å². The Morgan fingerprint density at radius 2 is 1.61 bits per heavy atom. The average molecular weight is 411 g/mol. The maximum Gasteiger partial charge on any atom is 0.435 e. The summed E-state index contributed by atoms with van der Waals surface area (Å²) in [5.41, 5.74) is -9.46. The fraction of sp³-hybridized carbons (Fsp3) is 0.182. The zero-order chi connectivity index (χ0) is 21.0. The summed E-state index contributed by atoms with van der Waals surface area (Å²) < 4.78 is 77.8. The highest BCUT2D eigenvalue weighted by Gasteiger charge is 2.45. The predicted molar refractivity (Wildman–Crippen MR) is 74.3 cm³/mol. The molecule has 0 amide bonds. The Hall–Kier alpha value is -3.79. The number of nitro benzene ring substituents is 2. The number of alkyl halides is 6. The number of benzene rings is 1. The quantitative estimate of drug-likeness (QED) is 0.396. The van der Waals surface area contributed by atoms with E-state index >= 15 is 0 Å². The van der Waals surface area contributed by atoms with E-state index in [1.807, 2.05) is 5.21 Å². The van der Waals surface area contributed by atoms with E-state index in [9.17, 15) is 46.6 Å². The molecule has 0 unspecified atom stereocenters. The molecular weight excluding hydrogens is 408 g/mol. The van der Waals surface area contributed by atoms with Gasteiger partial charge < -0.3 is 0 Å². The highest BCUT2D eigenvalue weighted by molar-refractivity contribution is 5.92. The van der Waals surface area contributed by atoms with Crippen molar-refractivity contribution in [2.24, 2.45) is 0 Å². The van der Waals surface area contributed by atoms with Crippen molar-refractivity contribution in [1.29, 1.82) is 0 Å². The van der Waals surface area contributed by atoms with E-state index in [4.69, 9.17) is 0 Å². The van der Waals surface area contributed by atoms with Gasteiger partial charge in [-0.3, -0.25) is 20.2 Å². The maximum absolute atomic E-state index is 13.3. The fourth-order valence-corrected chi connectivity index (χ4v) is 2.36. The Bertz CT molecular complexity index is 1120. The highest BCUT2D eigenvalue weighted by Crippen LogP contribution is 2.42. The molecule has 0 bridgehead atoms. The van der Waals surface area contributed by atoms with E-state index < -0.39 is 72.4 Å². The second-order valence-corrected chi connectivity index (χ2v) is 5.12. The van der Waals surface area contributed by atoms with Gasteiger partial charge in [0.1, 0.15) is 11.2 Å². The number of rotatable bonds is 3. The zero-order valence-electron chi connectivity index (χ0n) is 12.7. The lowest BCUT2D eigenvalue weighted by Crippen LogP contribution is -2.16. The number of hydrogen-bond acceptors (Lipinski definition) is 7. The van der Waals surface area contributed by atoms with Crippen LogP contribution in [0.15, 0.2) is 12.1 Å². The molecule has 17 heteroatoms. The Kier molecular flexibility index (Phi) is 3.97. The summed E-state index contributed by atoms with van der Waals surface area (Å²) in [4.78, 5) is 20.0. The molecule has 0 atom stereocenters. The molecule has 1 N–H and O–H groups in total. The normalized spacial score (nSPS) is 12.5. The third kappa shape index (κ3) is 2.95. The van der Waals surface area contributed by atoms with Crippen LogP contribution in [0, 0.1) is 20.2 Å². The number of nitrogens with zero attached hydrogens (tertiary/aromatic N) is 6. The van der Waals surface area contributed by atoms with Crippen molar-refractivity contribution in [2.45, 2.75) is 12.4 Å². The third-order valence-electron chi connectivity index (χ3n) is 3.42. The second kappa shape index (κ2) is 5.86. The number of aromatic nitrogens is 5. The van der Waals surface area contributed by atoms with Gasteiger partial charge in [0, 0.05) is 12.1 Å². The van der Waals surface area contributed by atoms with E-state index in [-0.39, 0.29) is 0 Å². The van der Waals surface area contributed by atoms with Gasteiger partial charge in [0.2, 0.25) is 5.69 Å². The summed E-state index contributed by atoms with van der Waals surface area (Å²) in [6.45, 7) is 0. The molecule has 0 saturated heterocycles. The van der Waals surface area contributed by atoms with Crippen molar-refractivity contribution in [3.63, 3.8) is 0 Å². The largest absolute Gasteiger partial charge is 0.435 e. The van der Waals surface area contributed by atoms with Gasteiger partial charge in [0.15, 0.2) is 11.2 Å². The molecule has 148 valence electrons. The Morgan fingerprint density at radius 3 is 2.11 bits per heavy atom. The van der Waals surface area contributed by atoms with E-state index in [1.54, 1.807) is 0 Å². The number of nitrogens with one attached hydrogen (secondary N) is 1. The molecule has 0 aliphatic rings. The van der Waals surface area contributed by atoms with Gasteiger partial charge in [-0.1, -0.05) is 0 Å². The predicted octanol–water partition coefficient (Wildman–Crippen LogP) is 3.00. The van der Waals surface area contributed by atoms with Crippen LogP contribution >= 0.6 is 0 Å².